The van der Waals surface area contributed by atoms with Gasteiger partial charge in [0.05, 0.1) is 18.4 Å². The normalized spacial score (nSPS) is 18.8. The third-order valence-electron chi connectivity index (χ3n) is 6.08. The van der Waals surface area contributed by atoms with Gasteiger partial charge in [0.2, 0.25) is 11.8 Å². The minimum atomic E-state index is -0.949. The van der Waals surface area contributed by atoms with Crippen LogP contribution in [0.3, 0.4) is 0 Å². The minimum absolute atomic E-state index is 0.0986. The van der Waals surface area contributed by atoms with Gasteiger partial charge < -0.3 is 20.3 Å². The van der Waals surface area contributed by atoms with Crippen molar-refractivity contribution in [3.63, 3.8) is 0 Å². The lowest BCUT2D eigenvalue weighted by molar-refractivity contribution is -0.139. The number of rotatable bonds is 6. The van der Waals surface area contributed by atoms with Gasteiger partial charge in [0.1, 0.15) is 18.8 Å². The quantitative estimate of drug-likeness (QED) is 0.625. The molecular formula is C24H24N4O6. The molecule has 0 bridgehead atoms. The van der Waals surface area contributed by atoms with Crippen LogP contribution < -0.4 is 15.5 Å². The Hall–Kier alpha value is -4.21. The van der Waals surface area contributed by atoms with Crippen LogP contribution in [0.25, 0.3) is 0 Å². The monoisotopic (exact) mass is 464 g/mol. The van der Waals surface area contributed by atoms with Gasteiger partial charge in [-0.15, -0.1) is 0 Å². The van der Waals surface area contributed by atoms with Crippen LogP contribution >= 0.6 is 0 Å². The van der Waals surface area contributed by atoms with Crippen molar-refractivity contribution in [3.05, 3.63) is 59.7 Å². The molecule has 2 aliphatic heterocycles. The number of fused-ring (bicyclic) bond motifs is 3. The Bertz CT molecular complexity index is 1200. The van der Waals surface area contributed by atoms with Gasteiger partial charge in [0.25, 0.3) is 11.8 Å². The summed E-state index contributed by atoms with van der Waals surface area (Å²) in [7, 11) is 1.22. The van der Waals surface area contributed by atoms with Crippen LogP contribution in [0, 0.1) is 0 Å². The highest BCUT2D eigenvalue weighted by atomic mass is 16.5. The largest absolute Gasteiger partial charge is 0.468 e. The summed E-state index contributed by atoms with van der Waals surface area (Å²) in [6.45, 7) is 1.23. The highest BCUT2D eigenvalue weighted by molar-refractivity contribution is 6.11. The van der Waals surface area contributed by atoms with Crippen LogP contribution in [-0.2, 0) is 19.1 Å². The second kappa shape index (κ2) is 8.97. The van der Waals surface area contributed by atoms with Crippen LogP contribution in [0.4, 0.5) is 11.4 Å². The first-order valence-corrected chi connectivity index (χ1v) is 10.7. The topological polar surface area (TPSA) is 125 Å². The fraction of sp³-hybridized carbons (Fsp3) is 0.292. The number of benzene rings is 2. The Morgan fingerprint density at radius 3 is 2.62 bits per heavy atom. The number of hydrogen-bond donors (Lipinski definition) is 2. The second-order valence-corrected chi connectivity index (χ2v) is 8.24. The van der Waals surface area contributed by atoms with Crippen molar-refractivity contribution in [2.45, 2.75) is 25.4 Å². The number of carbonyl (C=O) groups is 5. The van der Waals surface area contributed by atoms with E-state index < -0.39 is 23.4 Å². The number of ether oxygens (including phenoxy) is 1. The first-order chi connectivity index (χ1) is 16.2. The van der Waals surface area contributed by atoms with E-state index in [9.17, 15) is 24.0 Å². The summed E-state index contributed by atoms with van der Waals surface area (Å²) < 4.78 is 4.49. The first-order valence-electron chi connectivity index (χ1n) is 10.7. The van der Waals surface area contributed by atoms with Crippen molar-refractivity contribution < 1.29 is 28.7 Å². The maximum absolute atomic E-state index is 13.3. The van der Waals surface area contributed by atoms with Crippen LogP contribution in [0.15, 0.2) is 48.5 Å². The lowest BCUT2D eigenvalue weighted by Crippen LogP contribution is -2.63. The van der Waals surface area contributed by atoms with Crippen molar-refractivity contribution in [1.82, 2.24) is 10.2 Å². The van der Waals surface area contributed by atoms with E-state index >= 15 is 0 Å². The molecule has 0 saturated carbocycles. The van der Waals surface area contributed by atoms with Gasteiger partial charge in [-0.1, -0.05) is 18.2 Å². The summed E-state index contributed by atoms with van der Waals surface area (Å²) in [5, 5.41) is 5.13. The lowest BCUT2D eigenvalue weighted by atomic mass is 9.98. The summed E-state index contributed by atoms with van der Waals surface area (Å²) in [5.74, 6) is -1.98. The number of esters is 1. The molecule has 176 valence electrons. The van der Waals surface area contributed by atoms with Gasteiger partial charge in [-0.3, -0.25) is 28.9 Å². The number of methoxy groups -OCH3 is 1. The molecule has 0 radical (unpaired) electrons. The predicted octanol–water partition coefficient (Wildman–Crippen LogP) is 1.53. The van der Waals surface area contributed by atoms with E-state index in [0.717, 1.165) is 0 Å². The molecule has 34 heavy (non-hydrogen) atoms. The summed E-state index contributed by atoms with van der Waals surface area (Å²) >= 11 is 0. The summed E-state index contributed by atoms with van der Waals surface area (Å²) in [4.78, 5) is 65.3. The molecule has 4 rings (SSSR count). The maximum atomic E-state index is 13.3. The maximum Gasteiger partial charge on any atom is 0.325 e. The minimum Gasteiger partial charge on any atom is -0.468 e. The molecule has 1 atom stereocenters. The van der Waals surface area contributed by atoms with Crippen LogP contribution in [0.2, 0.25) is 0 Å². The molecule has 2 heterocycles. The van der Waals surface area contributed by atoms with Gasteiger partial charge in [0, 0.05) is 17.7 Å². The Kier molecular flexibility index (Phi) is 6.06. The Morgan fingerprint density at radius 1 is 1.09 bits per heavy atom. The summed E-state index contributed by atoms with van der Waals surface area (Å²) in [6.07, 6.45) is 0.688. The molecule has 10 nitrogen and oxygen atoms in total. The van der Waals surface area contributed by atoms with E-state index in [1.54, 1.807) is 48.2 Å². The number of nitrogens with one attached hydrogen (secondary N) is 2. The standard InChI is InChI=1S/C24H24N4O6/c1-24-11-10-20(30)28(24)18-9-4-3-8-17(18)23(33)27(24)14-19(29)26-16-7-5-6-15(12-16)22(32)25-13-21(31)34-2/h3-9,12H,10-11,13-14H2,1-2H3,(H,25,32)(H,26,29). The highest BCUT2D eigenvalue weighted by Gasteiger charge is 2.53. The van der Waals surface area contributed by atoms with Crippen molar-refractivity contribution in [2.24, 2.45) is 0 Å². The third kappa shape index (κ3) is 4.09. The lowest BCUT2D eigenvalue weighted by Gasteiger charge is -2.48. The molecule has 1 fully saturated rings. The van der Waals surface area contributed by atoms with Gasteiger partial charge in [-0.05, 0) is 43.7 Å². The van der Waals surface area contributed by atoms with Gasteiger partial charge in [0.15, 0.2) is 0 Å². The average molecular weight is 464 g/mol. The first kappa shape index (κ1) is 23.0. The molecule has 1 saturated heterocycles. The van der Waals surface area contributed by atoms with Gasteiger partial charge in [-0.2, -0.15) is 0 Å². The molecule has 1 unspecified atom stereocenters. The van der Waals surface area contributed by atoms with Gasteiger partial charge in [-0.25, -0.2) is 0 Å². The molecule has 0 aromatic heterocycles. The third-order valence-corrected chi connectivity index (χ3v) is 6.08. The Labute approximate surface area is 195 Å². The fourth-order valence-electron chi connectivity index (χ4n) is 4.35. The van der Waals surface area contributed by atoms with E-state index in [2.05, 4.69) is 15.4 Å². The zero-order valence-corrected chi connectivity index (χ0v) is 18.8. The number of amides is 4. The van der Waals surface area contributed by atoms with E-state index in [4.69, 9.17) is 0 Å². The number of nitrogens with zero attached hydrogens (tertiary/aromatic N) is 2. The smallest absolute Gasteiger partial charge is 0.325 e. The molecule has 2 aliphatic rings. The number of hydrogen-bond acceptors (Lipinski definition) is 6. The van der Waals surface area contributed by atoms with E-state index in [1.165, 1.54) is 24.1 Å². The summed E-state index contributed by atoms with van der Waals surface area (Å²) in [6, 6.07) is 13.1. The van der Waals surface area contributed by atoms with Crippen LogP contribution in [0.1, 0.15) is 40.5 Å². The fourth-order valence-corrected chi connectivity index (χ4v) is 4.35. The molecule has 10 heteroatoms. The Morgan fingerprint density at radius 2 is 1.85 bits per heavy atom. The van der Waals surface area contributed by atoms with Crippen LogP contribution in [0.5, 0.6) is 0 Å². The second-order valence-electron chi connectivity index (χ2n) is 8.24. The Balaban J connectivity index is 1.50. The highest BCUT2D eigenvalue weighted by Crippen LogP contribution is 2.43. The molecule has 0 spiro atoms. The zero-order valence-electron chi connectivity index (χ0n) is 18.8. The number of para-hydroxylation sites is 1. The van der Waals surface area contributed by atoms with E-state index in [-0.39, 0.29) is 36.9 Å². The van der Waals surface area contributed by atoms with E-state index in [1.807, 2.05) is 0 Å². The summed E-state index contributed by atoms with van der Waals surface area (Å²) in [5.41, 5.74) is 0.566. The molecule has 2 aromatic carbocycles. The molecule has 2 N–H and O–H groups in total. The predicted molar refractivity (Wildman–Crippen MR) is 122 cm³/mol. The number of anilines is 2. The van der Waals surface area contributed by atoms with Crippen molar-refractivity contribution in [3.8, 4) is 0 Å². The molecule has 0 aliphatic carbocycles. The molecule has 4 amide bonds. The van der Waals surface area contributed by atoms with Crippen molar-refractivity contribution in [1.29, 1.82) is 0 Å². The van der Waals surface area contributed by atoms with Crippen LogP contribution in [-0.4, -0.2) is 60.4 Å². The number of carbonyl (C=O) groups excluding carboxylic acids is 5. The molecular weight excluding hydrogens is 440 g/mol. The molecule has 2 aromatic rings. The van der Waals surface area contributed by atoms with Crippen molar-refractivity contribution >= 4 is 41.0 Å². The average Bonchev–Trinajstić information content (AvgIpc) is 3.15. The van der Waals surface area contributed by atoms with Crippen molar-refractivity contribution in [2.75, 3.05) is 30.4 Å². The van der Waals surface area contributed by atoms with Gasteiger partial charge >= 0.3 is 5.97 Å². The SMILES string of the molecule is COC(=O)CNC(=O)c1cccc(NC(=O)CN2C(=O)c3ccccc3N3C(=O)CCC23C)c1. The van der Waals surface area contributed by atoms with E-state index in [0.29, 0.717) is 23.4 Å². The zero-order chi connectivity index (χ0) is 24.5.